The van der Waals surface area contributed by atoms with Crippen LogP contribution < -0.4 is 20.5 Å². The molecule has 5 rings (SSSR count). The third-order valence-electron chi connectivity index (χ3n) is 6.61. The standard InChI is InChI=1S/C34H30N2O4/c35-33(37)30(36-34(38)29-17-9-15-27-14-7-8-16-28(27)29)20-26-18-19-31(39-22-24-10-3-1-4-11-24)32(21-26)40-23-25-12-5-2-6-13-25/h1-19,21,30H,20,22-23H2,(H2,35,37)(H,36,38)/t30-/m1/s1. The number of nitrogens with one attached hydrogen (secondary N) is 1. The van der Waals surface area contributed by atoms with Crippen molar-refractivity contribution in [1.82, 2.24) is 5.32 Å². The van der Waals surface area contributed by atoms with E-state index in [9.17, 15) is 9.59 Å². The lowest BCUT2D eigenvalue weighted by molar-refractivity contribution is -0.119. The first-order valence-electron chi connectivity index (χ1n) is 13.1. The van der Waals surface area contributed by atoms with Crippen LogP contribution in [0.4, 0.5) is 0 Å². The summed E-state index contributed by atoms with van der Waals surface area (Å²) in [6.45, 7) is 0.732. The van der Waals surface area contributed by atoms with Gasteiger partial charge in [0.1, 0.15) is 19.3 Å². The van der Waals surface area contributed by atoms with Crippen LogP contribution in [0.25, 0.3) is 10.8 Å². The molecule has 0 aromatic heterocycles. The normalized spacial score (nSPS) is 11.5. The van der Waals surface area contributed by atoms with Crippen LogP contribution in [-0.4, -0.2) is 17.9 Å². The summed E-state index contributed by atoms with van der Waals surface area (Å²) in [5.41, 5.74) is 9.04. The number of rotatable bonds is 11. The molecular formula is C34H30N2O4. The number of nitrogens with two attached hydrogens (primary N) is 1. The molecule has 6 heteroatoms. The van der Waals surface area contributed by atoms with Crippen LogP contribution in [0, 0.1) is 0 Å². The van der Waals surface area contributed by atoms with Gasteiger partial charge >= 0.3 is 0 Å². The van der Waals surface area contributed by atoms with E-state index in [0.29, 0.717) is 30.3 Å². The maximum atomic E-state index is 13.2. The van der Waals surface area contributed by atoms with Gasteiger partial charge in [-0.25, -0.2) is 0 Å². The van der Waals surface area contributed by atoms with E-state index in [1.54, 1.807) is 6.07 Å². The van der Waals surface area contributed by atoms with Crippen molar-refractivity contribution in [1.29, 1.82) is 0 Å². The van der Waals surface area contributed by atoms with E-state index in [1.165, 1.54) is 0 Å². The highest BCUT2D eigenvalue weighted by molar-refractivity contribution is 6.08. The number of hydrogen-bond acceptors (Lipinski definition) is 4. The van der Waals surface area contributed by atoms with Gasteiger partial charge in [0.15, 0.2) is 11.5 Å². The number of fused-ring (bicyclic) bond motifs is 1. The van der Waals surface area contributed by atoms with Crippen molar-refractivity contribution >= 4 is 22.6 Å². The summed E-state index contributed by atoms with van der Waals surface area (Å²) in [6, 6.07) is 37.4. The first-order chi connectivity index (χ1) is 19.6. The van der Waals surface area contributed by atoms with Gasteiger partial charge in [0.25, 0.3) is 5.91 Å². The summed E-state index contributed by atoms with van der Waals surface area (Å²) in [5, 5.41) is 4.58. The number of primary amides is 1. The number of amides is 2. The Bertz CT molecular complexity index is 1600. The van der Waals surface area contributed by atoms with Crippen LogP contribution in [0.2, 0.25) is 0 Å². The molecule has 5 aromatic carbocycles. The van der Waals surface area contributed by atoms with E-state index in [0.717, 1.165) is 27.5 Å². The summed E-state index contributed by atoms with van der Waals surface area (Å²) in [5.74, 6) is 0.147. The molecule has 0 radical (unpaired) electrons. The molecule has 0 saturated heterocycles. The van der Waals surface area contributed by atoms with Crippen LogP contribution in [0.1, 0.15) is 27.0 Å². The van der Waals surface area contributed by atoms with Crippen LogP contribution in [0.15, 0.2) is 121 Å². The molecule has 5 aromatic rings. The van der Waals surface area contributed by atoms with Crippen LogP contribution in [0.5, 0.6) is 11.5 Å². The second kappa shape index (κ2) is 12.6. The zero-order valence-corrected chi connectivity index (χ0v) is 22.0. The minimum atomic E-state index is -0.912. The van der Waals surface area contributed by atoms with Gasteiger partial charge in [-0.2, -0.15) is 0 Å². The molecule has 0 bridgehead atoms. The van der Waals surface area contributed by atoms with Crippen molar-refractivity contribution in [2.45, 2.75) is 25.7 Å². The average Bonchev–Trinajstić information content (AvgIpc) is 2.99. The van der Waals surface area contributed by atoms with E-state index in [4.69, 9.17) is 15.2 Å². The summed E-state index contributed by atoms with van der Waals surface area (Å²) in [7, 11) is 0. The molecule has 3 N–H and O–H groups in total. The summed E-state index contributed by atoms with van der Waals surface area (Å²) >= 11 is 0. The average molecular weight is 531 g/mol. The molecular weight excluding hydrogens is 500 g/mol. The maximum absolute atomic E-state index is 13.2. The lowest BCUT2D eigenvalue weighted by atomic mass is 10.0. The third-order valence-corrected chi connectivity index (χ3v) is 6.61. The van der Waals surface area contributed by atoms with Gasteiger partial charge in [0, 0.05) is 12.0 Å². The highest BCUT2D eigenvalue weighted by atomic mass is 16.5. The quantitative estimate of drug-likeness (QED) is 0.225. The minimum Gasteiger partial charge on any atom is -0.485 e. The molecule has 0 aliphatic rings. The fraction of sp³-hybridized carbons (Fsp3) is 0.118. The molecule has 200 valence electrons. The predicted molar refractivity (Wildman–Crippen MR) is 156 cm³/mol. The Labute approximate surface area is 233 Å². The maximum Gasteiger partial charge on any atom is 0.252 e. The van der Waals surface area contributed by atoms with Gasteiger partial charge in [0.05, 0.1) is 0 Å². The van der Waals surface area contributed by atoms with E-state index >= 15 is 0 Å². The molecule has 0 aliphatic heterocycles. The predicted octanol–water partition coefficient (Wildman–Crippen LogP) is 5.82. The highest BCUT2D eigenvalue weighted by Gasteiger charge is 2.21. The van der Waals surface area contributed by atoms with Crippen LogP contribution >= 0.6 is 0 Å². The van der Waals surface area contributed by atoms with Gasteiger partial charge in [0.2, 0.25) is 5.91 Å². The van der Waals surface area contributed by atoms with E-state index in [-0.39, 0.29) is 12.3 Å². The van der Waals surface area contributed by atoms with Crippen molar-refractivity contribution in [2.75, 3.05) is 0 Å². The van der Waals surface area contributed by atoms with E-state index in [2.05, 4.69) is 5.32 Å². The molecule has 6 nitrogen and oxygen atoms in total. The molecule has 0 fully saturated rings. The molecule has 0 aliphatic carbocycles. The molecule has 0 heterocycles. The zero-order chi connectivity index (χ0) is 27.7. The van der Waals surface area contributed by atoms with Crippen molar-refractivity contribution in [3.63, 3.8) is 0 Å². The lowest BCUT2D eigenvalue weighted by Gasteiger charge is -2.18. The summed E-state index contributed by atoms with van der Waals surface area (Å²) in [6.07, 6.45) is 0.201. The molecule has 1 atom stereocenters. The van der Waals surface area contributed by atoms with E-state index < -0.39 is 11.9 Å². The SMILES string of the molecule is NC(=O)[C@@H](Cc1ccc(OCc2ccccc2)c(OCc2ccccc2)c1)NC(=O)c1cccc2ccccc12. The minimum absolute atomic E-state index is 0.201. The zero-order valence-electron chi connectivity index (χ0n) is 22.0. The second-order valence-corrected chi connectivity index (χ2v) is 9.49. The fourth-order valence-electron chi connectivity index (χ4n) is 4.50. The van der Waals surface area contributed by atoms with Crippen molar-refractivity contribution in [3.05, 3.63) is 144 Å². The monoisotopic (exact) mass is 530 g/mol. The fourth-order valence-corrected chi connectivity index (χ4v) is 4.50. The number of carbonyl (C=O) groups is 2. The van der Waals surface area contributed by atoms with Crippen molar-refractivity contribution in [2.24, 2.45) is 5.73 Å². The number of benzene rings is 5. The van der Waals surface area contributed by atoms with Gasteiger partial charge in [-0.15, -0.1) is 0 Å². The molecule has 40 heavy (non-hydrogen) atoms. The summed E-state index contributed by atoms with van der Waals surface area (Å²) < 4.78 is 12.3. The number of ether oxygens (including phenoxy) is 2. The molecule has 0 unspecified atom stereocenters. The Kier molecular flexibility index (Phi) is 8.37. The Balaban J connectivity index is 1.35. The van der Waals surface area contributed by atoms with Crippen molar-refractivity contribution in [3.8, 4) is 11.5 Å². The van der Waals surface area contributed by atoms with Gasteiger partial charge in [-0.3, -0.25) is 9.59 Å². The molecule has 0 saturated carbocycles. The Morgan fingerprint density at radius 2 is 1.25 bits per heavy atom. The Hall–Kier alpha value is -5.10. The Morgan fingerprint density at radius 1 is 0.650 bits per heavy atom. The summed E-state index contributed by atoms with van der Waals surface area (Å²) in [4.78, 5) is 25.6. The van der Waals surface area contributed by atoms with Gasteiger partial charge < -0.3 is 20.5 Å². The lowest BCUT2D eigenvalue weighted by Crippen LogP contribution is -2.45. The van der Waals surface area contributed by atoms with Crippen LogP contribution in [-0.2, 0) is 24.4 Å². The Morgan fingerprint density at radius 3 is 1.93 bits per heavy atom. The third kappa shape index (κ3) is 6.66. The molecule has 0 spiro atoms. The van der Waals surface area contributed by atoms with Gasteiger partial charge in [-0.05, 0) is 45.7 Å². The van der Waals surface area contributed by atoms with Gasteiger partial charge in [-0.1, -0.05) is 103 Å². The van der Waals surface area contributed by atoms with Crippen LogP contribution in [0.3, 0.4) is 0 Å². The highest BCUT2D eigenvalue weighted by Crippen LogP contribution is 2.31. The first kappa shape index (κ1) is 26.5. The second-order valence-electron chi connectivity index (χ2n) is 9.49. The number of hydrogen-bond donors (Lipinski definition) is 2. The van der Waals surface area contributed by atoms with E-state index in [1.807, 2.05) is 115 Å². The van der Waals surface area contributed by atoms with Crippen molar-refractivity contribution < 1.29 is 19.1 Å². The smallest absolute Gasteiger partial charge is 0.252 e. The first-order valence-corrected chi connectivity index (χ1v) is 13.1. The molecule has 2 amide bonds. The largest absolute Gasteiger partial charge is 0.485 e. The topological polar surface area (TPSA) is 90.7 Å². The number of carbonyl (C=O) groups excluding carboxylic acids is 2.